The van der Waals surface area contributed by atoms with E-state index in [9.17, 15) is 0 Å². The summed E-state index contributed by atoms with van der Waals surface area (Å²) in [6, 6.07) is 28.4. The van der Waals surface area contributed by atoms with E-state index in [1.807, 2.05) is 0 Å². The first-order valence-corrected chi connectivity index (χ1v) is 9.16. The van der Waals surface area contributed by atoms with Crippen LogP contribution in [-0.2, 0) is 12.8 Å². The van der Waals surface area contributed by atoms with Gasteiger partial charge in [0, 0.05) is 0 Å². The fraction of sp³-hybridized carbons (Fsp3) is 0.200. The molecule has 0 bridgehead atoms. The van der Waals surface area contributed by atoms with Crippen molar-refractivity contribution in [3.05, 3.63) is 95.6 Å². The molecule has 0 fully saturated rings. The molecule has 0 radical (unpaired) electrons. The molecule has 0 nitrogen and oxygen atoms in total. The van der Waals surface area contributed by atoms with Gasteiger partial charge in [0.1, 0.15) is 0 Å². The van der Waals surface area contributed by atoms with Crippen LogP contribution in [0, 0.1) is 6.92 Å². The van der Waals surface area contributed by atoms with Crippen LogP contribution in [0.1, 0.15) is 30.5 Å². The molecule has 4 aromatic rings. The quantitative estimate of drug-likeness (QED) is 0.368. The molecule has 4 rings (SSSR count). The van der Waals surface area contributed by atoms with E-state index < -0.39 is 0 Å². The molecule has 0 atom stereocenters. The lowest BCUT2D eigenvalue weighted by molar-refractivity contribution is 1.15. The van der Waals surface area contributed by atoms with Crippen molar-refractivity contribution in [2.45, 2.75) is 33.6 Å². The molecule has 0 heterocycles. The zero-order valence-electron chi connectivity index (χ0n) is 15.4. The van der Waals surface area contributed by atoms with Gasteiger partial charge < -0.3 is 0 Å². The predicted octanol–water partition coefficient (Wildman–Crippen LogP) is 7.11. The highest BCUT2D eigenvalue weighted by molar-refractivity contribution is 5.84. The molecular formula is C25H26. The second-order valence-corrected chi connectivity index (χ2v) is 6.57. The molecule has 126 valence electrons. The largest absolute Gasteiger partial charge is 0.0616 e. The highest BCUT2D eigenvalue weighted by Crippen LogP contribution is 2.18. The van der Waals surface area contributed by atoms with Gasteiger partial charge in [-0.05, 0) is 52.4 Å². The third-order valence-corrected chi connectivity index (χ3v) is 4.69. The molecule has 25 heavy (non-hydrogen) atoms. The van der Waals surface area contributed by atoms with E-state index in [4.69, 9.17) is 0 Å². The van der Waals surface area contributed by atoms with Crippen LogP contribution in [0.4, 0.5) is 0 Å². The van der Waals surface area contributed by atoms with Gasteiger partial charge in [0.15, 0.2) is 0 Å². The van der Waals surface area contributed by atoms with Crippen molar-refractivity contribution in [1.82, 2.24) is 0 Å². The minimum atomic E-state index is 1.11. The Morgan fingerprint density at radius 3 is 1.64 bits per heavy atom. The normalized spacial score (nSPS) is 10.5. The van der Waals surface area contributed by atoms with Crippen LogP contribution in [-0.4, -0.2) is 0 Å². The fourth-order valence-electron chi connectivity index (χ4n) is 3.09. The highest BCUT2D eigenvalue weighted by Gasteiger charge is 1.95. The number of hydrogen-bond acceptors (Lipinski definition) is 0. The Labute approximate surface area is 151 Å². The molecule has 0 amide bonds. The SMILES string of the molecule is CCc1ccc2cc(C)ccc2c1.CCc1ccc2ccccc2c1. The van der Waals surface area contributed by atoms with E-state index in [1.54, 1.807) is 0 Å². The molecule has 0 aromatic heterocycles. The van der Waals surface area contributed by atoms with Crippen LogP contribution in [0.5, 0.6) is 0 Å². The number of hydrogen-bond donors (Lipinski definition) is 0. The van der Waals surface area contributed by atoms with Crippen LogP contribution in [0.15, 0.2) is 78.9 Å². The molecule has 0 heteroatoms. The lowest BCUT2D eigenvalue weighted by Crippen LogP contribution is -1.80. The molecule has 0 unspecified atom stereocenters. The van der Waals surface area contributed by atoms with Crippen molar-refractivity contribution in [1.29, 1.82) is 0 Å². The third kappa shape index (κ3) is 4.28. The van der Waals surface area contributed by atoms with Gasteiger partial charge in [0.25, 0.3) is 0 Å². The maximum Gasteiger partial charge on any atom is -0.0181 e. The van der Waals surface area contributed by atoms with E-state index in [-0.39, 0.29) is 0 Å². The van der Waals surface area contributed by atoms with Gasteiger partial charge in [0.2, 0.25) is 0 Å². The van der Waals surface area contributed by atoms with Gasteiger partial charge in [-0.15, -0.1) is 0 Å². The Hall–Kier alpha value is -2.60. The zero-order chi connectivity index (χ0) is 17.6. The van der Waals surface area contributed by atoms with Gasteiger partial charge in [-0.25, -0.2) is 0 Å². The first kappa shape index (κ1) is 17.2. The van der Waals surface area contributed by atoms with Crippen molar-refractivity contribution < 1.29 is 0 Å². The number of benzene rings is 4. The average Bonchev–Trinajstić information content (AvgIpc) is 2.67. The van der Waals surface area contributed by atoms with E-state index in [0.29, 0.717) is 0 Å². The maximum absolute atomic E-state index is 2.27. The second-order valence-electron chi connectivity index (χ2n) is 6.57. The van der Waals surface area contributed by atoms with Crippen LogP contribution in [0.25, 0.3) is 21.5 Å². The van der Waals surface area contributed by atoms with E-state index in [0.717, 1.165) is 12.8 Å². The van der Waals surface area contributed by atoms with Crippen LogP contribution in [0.2, 0.25) is 0 Å². The number of rotatable bonds is 2. The second kappa shape index (κ2) is 7.98. The Morgan fingerprint density at radius 2 is 1.00 bits per heavy atom. The summed E-state index contributed by atoms with van der Waals surface area (Å²) in [4.78, 5) is 0. The van der Waals surface area contributed by atoms with Crippen molar-refractivity contribution in [2.24, 2.45) is 0 Å². The molecular weight excluding hydrogens is 300 g/mol. The summed E-state index contributed by atoms with van der Waals surface area (Å²) in [6.45, 7) is 6.51. The Bertz CT molecular complexity index is 979. The first-order chi connectivity index (χ1) is 12.2. The minimum Gasteiger partial charge on any atom is -0.0616 e. The summed E-state index contributed by atoms with van der Waals surface area (Å²) in [5, 5.41) is 5.37. The van der Waals surface area contributed by atoms with Crippen molar-refractivity contribution in [3.63, 3.8) is 0 Å². The molecule has 0 aliphatic carbocycles. The van der Waals surface area contributed by atoms with E-state index in [2.05, 4.69) is 99.6 Å². The lowest BCUT2D eigenvalue weighted by atomic mass is 10.0. The van der Waals surface area contributed by atoms with Crippen LogP contribution < -0.4 is 0 Å². The zero-order valence-corrected chi connectivity index (χ0v) is 15.4. The molecule has 0 saturated carbocycles. The molecule has 0 aliphatic heterocycles. The Morgan fingerprint density at radius 1 is 0.520 bits per heavy atom. The van der Waals surface area contributed by atoms with Crippen molar-refractivity contribution in [3.8, 4) is 0 Å². The molecule has 0 N–H and O–H groups in total. The highest BCUT2D eigenvalue weighted by atomic mass is 14.0. The standard InChI is InChI=1S/C13H14.C12H12/c1-3-11-5-7-12-8-10(2)4-6-13(12)9-11;1-2-10-7-8-11-5-3-4-6-12(11)9-10/h4-9H,3H2,1-2H3;3-9H,2H2,1H3. The maximum atomic E-state index is 2.27. The Kier molecular flexibility index (Phi) is 5.50. The van der Waals surface area contributed by atoms with Gasteiger partial charge in [0.05, 0.1) is 0 Å². The summed E-state index contributed by atoms with van der Waals surface area (Å²) in [7, 11) is 0. The van der Waals surface area contributed by atoms with Gasteiger partial charge in [-0.3, -0.25) is 0 Å². The molecule has 0 spiro atoms. The predicted molar refractivity (Wildman–Crippen MR) is 111 cm³/mol. The number of fused-ring (bicyclic) bond motifs is 2. The van der Waals surface area contributed by atoms with Gasteiger partial charge >= 0.3 is 0 Å². The van der Waals surface area contributed by atoms with Crippen molar-refractivity contribution in [2.75, 3.05) is 0 Å². The smallest absolute Gasteiger partial charge is 0.0181 e. The van der Waals surface area contributed by atoms with Crippen LogP contribution in [0.3, 0.4) is 0 Å². The summed E-state index contributed by atoms with van der Waals surface area (Å²) in [5.41, 5.74) is 4.15. The first-order valence-electron chi connectivity index (χ1n) is 9.16. The lowest BCUT2D eigenvalue weighted by Gasteiger charge is -2.01. The van der Waals surface area contributed by atoms with Gasteiger partial charge in [-0.1, -0.05) is 98.3 Å². The average molecular weight is 326 g/mol. The van der Waals surface area contributed by atoms with Gasteiger partial charge in [-0.2, -0.15) is 0 Å². The number of aryl methyl sites for hydroxylation is 3. The van der Waals surface area contributed by atoms with E-state index in [1.165, 1.54) is 38.2 Å². The van der Waals surface area contributed by atoms with Crippen LogP contribution >= 0.6 is 0 Å². The third-order valence-electron chi connectivity index (χ3n) is 4.69. The molecule has 0 aliphatic rings. The molecule has 0 saturated heterocycles. The van der Waals surface area contributed by atoms with Crippen molar-refractivity contribution >= 4 is 21.5 Å². The summed E-state index contributed by atoms with van der Waals surface area (Å²) in [6.07, 6.45) is 2.23. The minimum absolute atomic E-state index is 1.11. The summed E-state index contributed by atoms with van der Waals surface area (Å²) in [5.74, 6) is 0. The Balaban J connectivity index is 0.000000146. The monoisotopic (exact) mass is 326 g/mol. The van der Waals surface area contributed by atoms with E-state index >= 15 is 0 Å². The fourth-order valence-corrected chi connectivity index (χ4v) is 3.09. The summed E-state index contributed by atoms with van der Waals surface area (Å²) >= 11 is 0. The molecule has 4 aromatic carbocycles. The topological polar surface area (TPSA) is 0 Å². The summed E-state index contributed by atoms with van der Waals surface area (Å²) < 4.78 is 0.